The van der Waals surface area contributed by atoms with E-state index in [-0.39, 0.29) is 6.61 Å². The minimum Gasteiger partial charge on any atom is -0.392 e. The number of likely N-dealkylation sites (N-methyl/N-ethyl adjacent to an activating group) is 1. The van der Waals surface area contributed by atoms with E-state index < -0.39 is 0 Å². The second-order valence-corrected chi connectivity index (χ2v) is 5.55. The van der Waals surface area contributed by atoms with Crippen LogP contribution in [0.4, 0.5) is 5.69 Å². The lowest BCUT2D eigenvalue weighted by atomic mass is 9.74. The van der Waals surface area contributed by atoms with Crippen LogP contribution in [-0.2, 0) is 12.0 Å². The highest BCUT2D eigenvalue weighted by Crippen LogP contribution is 2.46. The van der Waals surface area contributed by atoms with E-state index >= 15 is 0 Å². The molecule has 98 valence electrons. The van der Waals surface area contributed by atoms with Crippen LogP contribution in [0.25, 0.3) is 0 Å². The molecule has 1 saturated heterocycles. The quantitative estimate of drug-likeness (QED) is 0.833. The van der Waals surface area contributed by atoms with Gasteiger partial charge in [0, 0.05) is 24.2 Å². The van der Waals surface area contributed by atoms with E-state index in [9.17, 15) is 5.11 Å². The van der Waals surface area contributed by atoms with Gasteiger partial charge < -0.3 is 15.3 Å². The van der Waals surface area contributed by atoms with Gasteiger partial charge >= 0.3 is 0 Å². The maximum atomic E-state index is 9.35. The van der Waals surface area contributed by atoms with Crippen molar-refractivity contribution in [3.05, 3.63) is 29.3 Å². The lowest BCUT2D eigenvalue weighted by molar-refractivity contribution is 0.281. The number of fused-ring (bicyclic) bond motifs is 2. The summed E-state index contributed by atoms with van der Waals surface area (Å²) in [7, 11) is 0. The first-order valence-corrected chi connectivity index (χ1v) is 6.99. The number of nitrogens with one attached hydrogen (secondary N) is 1. The van der Waals surface area contributed by atoms with Crippen molar-refractivity contribution >= 4 is 5.69 Å². The van der Waals surface area contributed by atoms with Crippen LogP contribution in [0.1, 0.15) is 30.9 Å². The molecule has 3 rings (SSSR count). The van der Waals surface area contributed by atoms with Crippen molar-refractivity contribution in [3.63, 3.8) is 0 Å². The molecule has 0 bridgehead atoms. The molecule has 2 aliphatic heterocycles. The zero-order valence-corrected chi connectivity index (χ0v) is 11.1. The first-order valence-electron chi connectivity index (χ1n) is 6.99. The van der Waals surface area contributed by atoms with Gasteiger partial charge in [-0.1, -0.05) is 12.1 Å². The number of aliphatic hydroxyl groups excluding tert-OH is 1. The molecule has 1 aromatic rings. The summed E-state index contributed by atoms with van der Waals surface area (Å²) in [6, 6.07) is 6.49. The predicted molar refractivity (Wildman–Crippen MR) is 74.0 cm³/mol. The fraction of sp³-hybridized carbons (Fsp3) is 0.600. The maximum Gasteiger partial charge on any atom is 0.0681 e. The fourth-order valence-corrected chi connectivity index (χ4v) is 3.53. The van der Waals surface area contributed by atoms with Gasteiger partial charge in [-0.15, -0.1) is 0 Å². The number of nitrogens with zero attached hydrogens (tertiary/aromatic N) is 1. The van der Waals surface area contributed by atoms with Crippen LogP contribution >= 0.6 is 0 Å². The van der Waals surface area contributed by atoms with E-state index in [4.69, 9.17) is 0 Å². The van der Waals surface area contributed by atoms with Gasteiger partial charge in [0.25, 0.3) is 0 Å². The number of benzene rings is 1. The van der Waals surface area contributed by atoms with Gasteiger partial charge in [-0.25, -0.2) is 0 Å². The Morgan fingerprint density at radius 1 is 1.33 bits per heavy atom. The average molecular weight is 246 g/mol. The molecule has 1 fully saturated rings. The van der Waals surface area contributed by atoms with Gasteiger partial charge in [-0.2, -0.15) is 0 Å². The first kappa shape index (κ1) is 12.0. The molecule has 1 aromatic carbocycles. The second kappa shape index (κ2) is 4.56. The van der Waals surface area contributed by atoms with Crippen molar-refractivity contribution in [1.82, 2.24) is 5.32 Å². The standard InChI is InChI=1S/C15H22N2O/c1-2-17-11-15(5-7-16-8-6-15)13-9-12(10-18)3-4-14(13)17/h3-4,9,16,18H,2,5-8,10-11H2,1H3. The SMILES string of the molecule is CCN1CC2(CCNCC2)c2cc(CO)ccc21. The highest BCUT2D eigenvalue weighted by Gasteiger charge is 2.42. The molecule has 3 heteroatoms. The van der Waals surface area contributed by atoms with E-state index in [1.54, 1.807) is 0 Å². The van der Waals surface area contributed by atoms with Crippen LogP contribution in [0.2, 0.25) is 0 Å². The topological polar surface area (TPSA) is 35.5 Å². The summed E-state index contributed by atoms with van der Waals surface area (Å²) in [6.45, 7) is 6.81. The number of hydrogen-bond donors (Lipinski definition) is 2. The Labute approximate surface area is 109 Å². The number of aliphatic hydroxyl groups is 1. The maximum absolute atomic E-state index is 9.35. The normalized spacial score (nSPS) is 21.3. The molecular weight excluding hydrogens is 224 g/mol. The van der Waals surface area contributed by atoms with E-state index in [1.165, 1.54) is 24.1 Å². The summed E-state index contributed by atoms with van der Waals surface area (Å²) < 4.78 is 0. The lowest BCUT2D eigenvalue weighted by Gasteiger charge is -2.35. The van der Waals surface area contributed by atoms with Gasteiger partial charge in [-0.3, -0.25) is 0 Å². The summed E-state index contributed by atoms with van der Waals surface area (Å²) in [5, 5.41) is 12.8. The third-order valence-corrected chi connectivity index (χ3v) is 4.59. The third-order valence-electron chi connectivity index (χ3n) is 4.59. The van der Waals surface area contributed by atoms with Gasteiger partial charge in [-0.05, 0) is 50.0 Å². The zero-order chi connectivity index (χ0) is 12.6. The lowest BCUT2D eigenvalue weighted by Crippen LogP contribution is -2.43. The largest absolute Gasteiger partial charge is 0.392 e. The van der Waals surface area contributed by atoms with Crippen LogP contribution in [0.5, 0.6) is 0 Å². The van der Waals surface area contributed by atoms with Crippen molar-refractivity contribution in [2.45, 2.75) is 31.8 Å². The van der Waals surface area contributed by atoms with Crippen LogP contribution in [0.15, 0.2) is 18.2 Å². The Morgan fingerprint density at radius 2 is 2.11 bits per heavy atom. The highest BCUT2D eigenvalue weighted by atomic mass is 16.3. The first-order chi connectivity index (χ1) is 8.79. The molecule has 0 radical (unpaired) electrons. The van der Waals surface area contributed by atoms with Gasteiger partial charge in [0.1, 0.15) is 0 Å². The van der Waals surface area contributed by atoms with Crippen molar-refractivity contribution < 1.29 is 5.11 Å². The molecule has 0 aliphatic carbocycles. The summed E-state index contributed by atoms with van der Waals surface area (Å²) in [5.74, 6) is 0. The summed E-state index contributed by atoms with van der Waals surface area (Å²) in [4.78, 5) is 2.49. The smallest absolute Gasteiger partial charge is 0.0681 e. The van der Waals surface area contributed by atoms with Gasteiger partial charge in [0.15, 0.2) is 0 Å². The summed E-state index contributed by atoms with van der Waals surface area (Å²) >= 11 is 0. The van der Waals surface area contributed by atoms with Crippen LogP contribution in [-0.4, -0.2) is 31.3 Å². The predicted octanol–water partition coefficient (Wildman–Crippen LogP) is 1.64. The molecule has 0 atom stereocenters. The molecule has 3 nitrogen and oxygen atoms in total. The third kappa shape index (κ3) is 1.73. The van der Waals surface area contributed by atoms with Crippen molar-refractivity contribution in [2.24, 2.45) is 0 Å². The Kier molecular flexibility index (Phi) is 3.04. The Morgan fingerprint density at radius 3 is 2.78 bits per heavy atom. The van der Waals surface area contributed by atoms with E-state index in [1.807, 2.05) is 0 Å². The zero-order valence-electron chi connectivity index (χ0n) is 11.1. The Balaban J connectivity index is 2.05. The summed E-state index contributed by atoms with van der Waals surface area (Å²) in [6.07, 6.45) is 2.43. The number of anilines is 1. The minimum atomic E-state index is 0.147. The van der Waals surface area contributed by atoms with Crippen LogP contribution in [0, 0.1) is 0 Å². The van der Waals surface area contributed by atoms with Crippen LogP contribution < -0.4 is 10.2 Å². The molecule has 2 heterocycles. The molecule has 0 aromatic heterocycles. The fourth-order valence-electron chi connectivity index (χ4n) is 3.53. The molecule has 18 heavy (non-hydrogen) atoms. The number of rotatable bonds is 2. The Bertz CT molecular complexity index is 438. The van der Waals surface area contributed by atoms with Gasteiger partial charge in [0.2, 0.25) is 0 Å². The molecule has 0 amide bonds. The van der Waals surface area contributed by atoms with E-state index in [0.29, 0.717) is 5.41 Å². The highest BCUT2D eigenvalue weighted by molar-refractivity contribution is 5.63. The van der Waals surface area contributed by atoms with Crippen molar-refractivity contribution in [2.75, 3.05) is 31.1 Å². The number of piperidine rings is 1. The molecule has 0 unspecified atom stereocenters. The average Bonchev–Trinajstić information content (AvgIpc) is 2.73. The molecular formula is C15H22N2O. The van der Waals surface area contributed by atoms with E-state index in [0.717, 1.165) is 31.7 Å². The van der Waals surface area contributed by atoms with Crippen LogP contribution in [0.3, 0.4) is 0 Å². The molecule has 0 saturated carbocycles. The minimum absolute atomic E-state index is 0.147. The van der Waals surface area contributed by atoms with Gasteiger partial charge in [0.05, 0.1) is 6.61 Å². The molecule has 2 aliphatic rings. The molecule has 1 spiro atoms. The Hall–Kier alpha value is -1.06. The van der Waals surface area contributed by atoms with E-state index in [2.05, 4.69) is 35.3 Å². The van der Waals surface area contributed by atoms with Crippen molar-refractivity contribution in [3.8, 4) is 0 Å². The number of hydrogen-bond acceptors (Lipinski definition) is 3. The molecule has 2 N–H and O–H groups in total. The second-order valence-electron chi connectivity index (χ2n) is 5.55. The summed E-state index contributed by atoms with van der Waals surface area (Å²) in [5.41, 5.74) is 4.22. The monoisotopic (exact) mass is 246 g/mol. The van der Waals surface area contributed by atoms with Crippen molar-refractivity contribution in [1.29, 1.82) is 0 Å².